The Morgan fingerprint density at radius 1 is 0.980 bits per heavy atom. The molecular weight excluding hydrogens is 659 g/mol. The van der Waals surface area contributed by atoms with Crippen LogP contribution in [0.15, 0.2) is 46.9 Å². The first kappa shape index (κ1) is 39.4. The minimum absolute atomic E-state index is 0.0320. The minimum Gasteiger partial charge on any atom is -0.465 e. The lowest BCUT2D eigenvalue weighted by Gasteiger charge is -2.47. The van der Waals surface area contributed by atoms with Gasteiger partial charge in [0, 0.05) is 24.9 Å². The molecule has 13 heteroatoms. The van der Waals surface area contributed by atoms with Crippen molar-refractivity contribution in [3.8, 4) is 0 Å². The van der Waals surface area contributed by atoms with Gasteiger partial charge in [0.05, 0.1) is 29.5 Å². The van der Waals surface area contributed by atoms with Gasteiger partial charge in [-0.2, -0.15) is 0 Å². The van der Waals surface area contributed by atoms with E-state index in [1.807, 2.05) is 51.1 Å². The van der Waals surface area contributed by atoms with Gasteiger partial charge in [-0.25, -0.2) is 13.2 Å². The van der Waals surface area contributed by atoms with Crippen LogP contribution in [0.1, 0.15) is 83.8 Å². The first-order valence-corrected chi connectivity index (χ1v) is 19.6. The number of nitrogens with zero attached hydrogens (tertiary/aromatic N) is 1. The van der Waals surface area contributed by atoms with Gasteiger partial charge < -0.3 is 30.8 Å². The molecule has 4 amide bonds. The zero-order valence-electron chi connectivity index (χ0n) is 30.6. The van der Waals surface area contributed by atoms with E-state index < -0.39 is 56.3 Å². The highest BCUT2D eigenvalue weighted by Gasteiger charge is 2.46. The third-order valence-corrected chi connectivity index (χ3v) is 12.4. The van der Waals surface area contributed by atoms with Crippen molar-refractivity contribution < 1.29 is 32.3 Å². The molecule has 50 heavy (non-hydrogen) atoms. The van der Waals surface area contributed by atoms with Crippen LogP contribution in [0.4, 0.5) is 4.79 Å². The van der Waals surface area contributed by atoms with Crippen LogP contribution in [0.5, 0.6) is 0 Å². The number of benzene rings is 1. The third-order valence-electron chi connectivity index (χ3n) is 10.2. The SMILES string of the molecule is Cc1ccc(CNC(=O)N[C@H](C(=O)N[C@@H](Cc2ccccc2)[C@H](O)CN2CC3CCCCC3C[C@H]2C(=O)NC(C)(C)C)C(C)(C)S(C)(=O)=O)o1. The number of aliphatic hydroxyl groups excluding tert-OH is 1. The zero-order valence-corrected chi connectivity index (χ0v) is 31.4. The highest BCUT2D eigenvalue weighted by molar-refractivity contribution is 7.92. The molecular formula is C37H57N5O7S. The molecule has 278 valence electrons. The lowest BCUT2D eigenvalue weighted by molar-refractivity contribution is -0.133. The molecule has 12 nitrogen and oxygen atoms in total. The Kier molecular flexibility index (Phi) is 12.8. The van der Waals surface area contributed by atoms with Gasteiger partial charge in [0.1, 0.15) is 17.6 Å². The van der Waals surface area contributed by atoms with Crippen LogP contribution in [-0.4, -0.2) is 90.1 Å². The molecule has 2 aliphatic rings. The van der Waals surface area contributed by atoms with Gasteiger partial charge >= 0.3 is 6.03 Å². The standard InChI is InChI=1S/C37H57N5O7S/c1-24-17-18-28(49-24)21-38-35(46)40-32(37(5,6)50(7,47)48)34(45)39-29(19-25-13-9-8-10-14-25)31(43)23-42-22-27-16-12-11-15-26(27)20-30(42)33(44)41-36(2,3)4/h8-10,13-14,17-18,26-27,29-32,43H,11-12,15-16,19-23H2,1-7H3,(H,39,45)(H,41,44)(H2,38,40,46)/t26?,27?,29-,30-,31+,32+/m0/s1. The summed E-state index contributed by atoms with van der Waals surface area (Å²) in [5, 5.41) is 23.2. The van der Waals surface area contributed by atoms with Gasteiger partial charge in [-0.15, -0.1) is 0 Å². The van der Waals surface area contributed by atoms with Crippen molar-refractivity contribution in [3.05, 3.63) is 59.5 Å². The highest BCUT2D eigenvalue weighted by atomic mass is 32.2. The number of amides is 4. The molecule has 5 N–H and O–H groups in total. The molecule has 1 aromatic heterocycles. The van der Waals surface area contributed by atoms with Crippen LogP contribution in [0.2, 0.25) is 0 Å². The largest absolute Gasteiger partial charge is 0.465 e. The Bertz CT molecular complexity index is 1570. The summed E-state index contributed by atoms with van der Waals surface area (Å²) < 4.78 is 29.8. The Hall–Kier alpha value is -3.42. The average Bonchev–Trinajstić information content (AvgIpc) is 3.45. The van der Waals surface area contributed by atoms with Crippen molar-refractivity contribution in [2.45, 2.75) is 121 Å². The first-order chi connectivity index (χ1) is 23.3. The van der Waals surface area contributed by atoms with Gasteiger partial charge in [0.2, 0.25) is 11.8 Å². The molecule has 1 aliphatic heterocycles. The molecule has 0 spiro atoms. The van der Waals surface area contributed by atoms with E-state index in [0.717, 1.165) is 37.5 Å². The molecule has 2 fully saturated rings. The van der Waals surface area contributed by atoms with Crippen LogP contribution in [0, 0.1) is 18.8 Å². The van der Waals surface area contributed by atoms with E-state index in [4.69, 9.17) is 4.42 Å². The fraction of sp³-hybridized carbons (Fsp3) is 0.649. The Labute approximate surface area is 297 Å². The van der Waals surface area contributed by atoms with Crippen molar-refractivity contribution in [1.29, 1.82) is 0 Å². The molecule has 2 unspecified atom stereocenters. The fourth-order valence-corrected chi connectivity index (χ4v) is 7.70. The Balaban J connectivity index is 1.58. The minimum atomic E-state index is -3.87. The van der Waals surface area contributed by atoms with Gasteiger partial charge in [-0.3, -0.25) is 14.5 Å². The molecule has 1 aliphatic carbocycles. The molecule has 2 heterocycles. The van der Waals surface area contributed by atoms with Gasteiger partial charge in [0.15, 0.2) is 9.84 Å². The molecule has 2 aromatic rings. The monoisotopic (exact) mass is 715 g/mol. The van der Waals surface area contributed by atoms with E-state index in [0.29, 0.717) is 36.3 Å². The summed E-state index contributed by atoms with van der Waals surface area (Å²) in [4.78, 5) is 42.9. The smallest absolute Gasteiger partial charge is 0.315 e. The lowest BCUT2D eigenvalue weighted by atomic mass is 9.72. The summed E-state index contributed by atoms with van der Waals surface area (Å²) in [6.07, 6.45) is 5.30. The third kappa shape index (κ3) is 10.6. The quantitative estimate of drug-likeness (QED) is 0.210. The predicted octanol–water partition coefficient (Wildman–Crippen LogP) is 3.46. The second-order valence-corrected chi connectivity index (χ2v) is 18.4. The first-order valence-electron chi connectivity index (χ1n) is 17.7. The number of sulfone groups is 1. The van der Waals surface area contributed by atoms with Crippen molar-refractivity contribution >= 4 is 27.7 Å². The maximum absolute atomic E-state index is 14.1. The molecule has 1 aromatic carbocycles. The summed E-state index contributed by atoms with van der Waals surface area (Å²) in [5.74, 6) is 1.21. The number of urea groups is 1. The van der Waals surface area contributed by atoms with Crippen molar-refractivity contribution in [3.63, 3.8) is 0 Å². The van der Waals surface area contributed by atoms with E-state index in [2.05, 4.69) is 26.2 Å². The number of aliphatic hydroxyl groups is 1. The zero-order chi connectivity index (χ0) is 36.9. The number of carbonyl (C=O) groups excluding carboxylic acids is 3. The molecule has 1 saturated heterocycles. The summed E-state index contributed by atoms with van der Waals surface area (Å²) in [6, 6.07) is 9.29. The number of hydrogen-bond acceptors (Lipinski definition) is 8. The predicted molar refractivity (Wildman–Crippen MR) is 193 cm³/mol. The van der Waals surface area contributed by atoms with Crippen LogP contribution in [0.25, 0.3) is 0 Å². The number of furan rings is 1. The average molecular weight is 716 g/mol. The van der Waals surface area contributed by atoms with Gasteiger partial charge in [-0.1, -0.05) is 49.6 Å². The van der Waals surface area contributed by atoms with E-state index in [1.54, 1.807) is 19.1 Å². The molecule has 4 rings (SSSR count). The number of rotatable bonds is 13. The van der Waals surface area contributed by atoms with Crippen LogP contribution >= 0.6 is 0 Å². The summed E-state index contributed by atoms with van der Waals surface area (Å²) in [6.45, 7) is 11.2. The van der Waals surface area contributed by atoms with E-state index in [1.165, 1.54) is 13.8 Å². The van der Waals surface area contributed by atoms with Crippen molar-refractivity contribution in [1.82, 2.24) is 26.2 Å². The molecule has 1 saturated carbocycles. The summed E-state index contributed by atoms with van der Waals surface area (Å²) in [5.41, 5.74) is 0.426. The second kappa shape index (κ2) is 16.3. The number of piperidine rings is 1. The highest BCUT2D eigenvalue weighted by Crippen LogP contribution is 2.39. The number of likely N-dealkylation sites (tertiary alicyclic amines) is 1. The van der Waals surface area contributed by atoms with Crippen LogP contribution < -0.4 is 21.3 Å². The number of fused-ring (bicyclic) bond motifs is 1. The maximum Gasteiger partial charge on any atom is 0.315 e. The lowest BCUT2D eigenvalue weighted by Crippen LogP contribution is -2.64. The summed E-state index contributed by atoms with van der Waals surface area (Å²) in [7, 11) is -3.87. The number of nitrogens with one attached hydrogen (secondary N) is 4. The van der Waals surface area contributed by atoms with Crippen molar-refractivity contribution in [2.24, 2.45) is 11.8 Å². The number of carbonyl (C=O) groups is 3. The number of β-amino-alcohol motifs (C(OH)–C–C–N with tert-alkyl or cyclic N) is 1. The topological polar surface area (TPSA) is 170 Å². The van der Waals surface area contributed by atoms with Gasteiger partial charge in [-0.05, 0) is 90.3 Å². The van der Waals surface area contributed by atoms with E-state index >= 15 is 0 Å². The molecule has 0 radical (unpaired) electrons. The molecule has 0 bridgehead atoms. The maximum atomic E-state index is 14.1. The second-order valence-electron chi connectivity index (χ2n) is 15.8. The van der Waals surface area contributed by atoms with Crippen LogP contribution in [0.3, 0.4) is 0 Å². The Morgan fingerprint density at radius 2 is 1.64 bits per heavy atom. The van der Waals surface area contributed by atoms with Gasteiger partial charge in [0.25, 0.3) is 0 Å². The van der Waals surface area contributed by atoms with E-state index in [9.17, 15) is 27.9 Å². The normalized spacial score (nSPS) is 22.0. The fourth-order valence-electron chi connectivity index (χ4n) is 7.11. The number of hydrogen-bond donors (Lipinski definition) is 5. The van der Waals surface area contributed by atoms with Crippen LogP contribution in [-0.2, 0) is 32.4 Å². The van der Waals surface area contributed by atoms with Crippen molar-refractivity contribution in [2.75, 3.05) is 19.3 Å². The number of aryl methyl sites for hydroxylation is 1. The summed E-state index contributed by atoms with van der Waals surface area (Å²) >= 11 is 0. The Morgan fingerprint density at radius 3 is 2.24 bits per heavy atom. The molecule has 6 atom stereocenters. The van der Waals surface area contributed by atoms with E-state index in [-0.39, 0.29) is 25.4 Å².